The molecule has 0 aliphatic heterocycles. The Bertz CT molecular complexity index is 1170. The highest BCUT2D eigenvalue weighted by molar-refractivity contribution is 6.05. The van der Waals surface area contributed by atoms with Gasteiger partial charge in [0.05, 0.1) is 5.56 Å². The number of nitrogens with one attached hydrogen (secondary N) is 2. The van der Waals surface area contributed by atoms with Crippen molar-refractivity contribution in [3.63, 3.8) is 0 Å². The Balaban J connectivity index is 1.54. The number of nitrogens with zero attached hydrogens (tertiary/aromatic N) is 2. The van der Waals surface area contributed by atoms with Crippen LogP contribution in [0.3, 0.4) is 0 Å². The molecule has 7 nitrogen and oxygen atoms in total. The second-order valence-corrected chi connectivity index (χ2v) is 5.86. The van der Waals surface area contributed by atoms with Gasteiger partial charge in [-0.2, -0.15) is 0 Å². The molecule has 0 atom stereocenters. The summed E-state index contributed by atoms with van der Waals surface area (Å²) in [6.45, 7) is 0.243. The van der Waals surface area contributed by atoms with Gasteiger partial charge in [-0.25, -0.2) is 4.39 Å². The number of H-pyrrole nitrogens is 1. The number of hydrogen-bond donors (Lipinski definition) is 2. The van der Waals surface area contributed by atoms with E-state index in [-0.39, 0.29) is 12.1 Å². The molecular weight excluding hydrogens is 351 g/mol. The molecule has 0 aliphatic carbocycles. The molecule has 27 heavy (non-hydrogen) atoms. The molecule has 2 heterocycles. The Labute approximate surface area is 151 Å². The van der Waals surface area contributed by atoms with Gasteiger partial charge in [0.15, 0.2) is 0 Å². The highest BCUT2D eigenvalue weighted by atomic mass is 19.1. The molecule has 0 saturated carbocycles. The molecule has 0 aliphatic rings. The van der Waals surface area contributed by atoms with Crippen LogP contribution in [0.4, 0.5) is 4.39 Å². The van der Waals surface area contributed by atoms with Crippen LogP contribution in [0.5, 0.6) is 0 Å². The zero-order chi connectivity index (χ0) is 18.8. The molecular formula is C19H13FN4O3. The second kappa shape index (κ2) is 6.83. The van der Waals surface area contributed by atoms with Crippen LogP contribution in [0.1, 0.15) is 15.9 Å². The van der Waals surface area contributed by atoms with Crippen LogP contribution in [0.2, 0.25) is 0 Å². The Hall–Kier alpha value is -3.81. The first kappa shape index (κ1) is 16.6. The number of benzene rings is 2. The monoisotopic (exact) mass is 364 g/mol. The molecule has 0 fully saturated rings. The average molecular weight is 364 g/mol. The fourth-order valence-electron chi connectivity index (χ4n) is 2.76. The summed E-state index contributed by atoms with van der Waals surface area (Å²) in [5.41, 5.74) is 1.70. The van der Waals surface area contributed by atoms with Crippen LogP contribution >= 0.6 is 0 Å². The molecule has 4 rings (SSSR count). The first-order chi connectivity index (χ1) is 13.1. The van der Waals surface area contributed by atoms with Crippen molar-refractivity contribution < 1.29 is 13.6 Å². The maximum absolute atomic E-state index is 13.5. The van der Waals surface area contributed by atoms with Gasteiger partial charge in [-0.15, -0.1) is 10.2 Å². The summed E-state index contributed by atoms with van der Waals surface area (Å²) in [6.07, 6.45) is 1.25. The molecule has 2 N–H and O–H groups in total. The molecule has 0 saturated heterocycles. The number of aromatic nitrogens is 3. The third kappa shape index (κ3) is 3.45. The fourth-order valence-corrected chi connectivity index (χ4v) is 2.76. The fraction of sp³-hybridized carbons (Fsp3) is 0.0526. The van der Waals surface area contributed by atoms with E-state index in [0.29, 0.717) is 16.8 Å². The van der Waals surface area contributed by atoms with E-state index in [1.807, 2.05) is 12.1 Å². The Morgan fingerprint density at radius 2 is 1.96 bits per heavy atom. The molecule has 0 spiro atoms. The second-order valence-electron chi connectivity index (χ2n) is 5.86. The predicted molar refractivity (Wildman–Crippen MR) is 95.4 cm³/mol. The van der Waals surface area contributed by atoms with Gasteiger partial charge in [0, 0.05) is 29.1 Å². The minimum Gasteiger partial charge on any atom is -0.423 e. The maximum atomic E-state index is 13.5. The summed E-state index contributed by atoms with van der Waals surface area (Å²) < 4.78 is 18.7. The summed E-state index contributed by atoms with van der Waals surface area (Å²) in [7, 11) is 0. The Morgan fingerprint density at radius 3 is 2.70 bits per heavy atom. The van der Waals surface area contributed by atoms with Gasteiger partial charge in [0.2, 0.25) is 17.8 Å². The lowest BCUT2D eigenvalue weighted by molar-refractivity contribution is 0.0952. The Morgan fingerprint density at radius 1 is 1.15 bits per heavy atom. The Kier molecular flexibility index (Phi) is 4.21. The van der Waals surface area contributed by atoms with E-state index in [4.69, 9.17) is 4.42 Å². The van der Waals surface area contributed by atoms with Crippen LogP contribution in [0.15, 0.2) is 64.1 Å². The van der Waals surface area contributed by atoms with E-state index in [1.54, 1.807) is 12.1 Å². The van der Waals surface area contributed by atoms with Gasteiger partial charge < -0.3 is 14.7 Å². The largest absolute Gasteiger partial charge is 0.423 e. The standard InChI is InChI=1S/C19H13FN4O3/c20-13-5-6-16-14(7-13)15(8-17(25)23-16)18(26)21-9-11-1-3-12(4-2-11)19-24-22-10-27-19/h1-8,10H,9H2,(H,21,26)(H,23,25). The maximum Gasteiger partial charge on any atom is 0.252 e. The first-order valence-electron chi connectivity index (χ1n) is 8.06. The van der Waals surface area contributed by atoms with Crippen molar-refractivity contribution in [2.45, 2.75) is 6.54 Å². The normalized spacial score (nSPS) is 10.9. The number of hydrogen-bond acceptors (Lipinski definition) is 5. The van der Waals surface area contributed by atoms with E-state index in [0.717, 1.165) is 17.2 Å². The summed E-state index contributed by atoms with van der Waals surface area (Å²) in [6, 6.07) is 12.3. The summed E-state index contributed by atoms with van der Waals surface area (Å²) in [5, 5.41) is 10.5. The van der Waals surface area contributed by atoms with Crippen molar-refractivity contribution in [2.24, 2.45) is 0 Å². The van der Waals surface area contributed by atoms with Crippen molar-refractivity contribution in [3.8, 4) is 11.5 Å². The zero-order valence-corrected chi connectivity index (χ0v) is 13.9. The molecule has 0 unspecified atom stereocenters. The van der Waals surface area contributed by atoms with Crippen LogP contribution in [0, 0.1) is 5.82 Å². The van der Waals surface area contributed by atoms with Gasteiger partial charge in [0.25, 0.3) is 5.91 Å². The van der Waals surface area contributed by atoms with E-state index in [1.165, 1.54) is 24.6 Å². The van der Waals surface area contributed by atoms with Crippen LogP contribution in [-0.4, -0.2) is 21.1 Å². The third-order valence-corrected chi connectivity index (χ3v) is 4.06. The van der Waals surface area contributed by atoms with Crippen molar-refractivity contribution in [1.82, 2.24) is 20.5 Å². The average Bonchev–Trinajstić information content (AvgIpc) is 3.21. The lowest BCUT2D eigenvalue weighted by atomic mass is 10.1. The summed E-state index contributed by atoms with van der Waals surface area (Å²) in [5.74, 6) is -0.541. The smallest absolute Gasteiger partial charge is 0.252 e. The van der Waals surface area contributed by atoms with Gasteiger partial charge in [-0.05, 0) is 35.9 Å². The topological polar surface area (TPSA) is 101 Å². The molecule has 134 valence electrons. The van der Waals surface area contributed by atoms with E-state index >= 15 is 0 Å². The molecule has 8 heteroatoms. The van der Waals surface area contributed by atoms with E-state index in [2.05, 4.69) is 20.5 Å². The molecule has 4 aromatic rings. The van der Waals surface area contributed by atoms with Crippen molar-refractivity contribution in [1.29, 1.82) is 0 Å². The van der Waals surface area contributed by atoms with E-state index in [9.17, 15) is 14.0 Å². The lowest BCUT2D eigenvalue weighted by Crippen LogP contribution is -2.24. The van der Waals surface area contributed by atoms with Gasteiger partial charge in [-0.1, -0.05) is 12.1 Å². The predicted octanol–water partition coefficient (Wildman–Crippen LogP) is 2.65. The number of amides is 1. The van der Waals surface area contributed by atoms with Crippen molar-refractivity contribution in [2.75, 3.05) is 0 Å². The third-order valence-electron chi connectivity index (χ3n) is 4.06. The minimum absolute atomic E-state index is 0.121. The summed E-state index contributed by atoms with van der Waals surface area (Å²) >= 11 is 0. The summed E-state index contributed by atoms with van der Waals surface area (Å²) in [4.78, 5) is 26.9. The molecule has 1 amide bonds. The van der Waals surface area contributed by atoms with Gasteiger partial charge in [-0.3, -0.25) is 9.59 Å². The van der Waals surface area contributed by atoms with Gasteiger partial charge in [0.1, 0.15) is 5.82 Å². The first-order valence-corrected chi connectivity index (χ1v) is 8.06. The molecule has 0 radical (unpaired) electrons. The van der Waals surface area contributed by atoms with E-state index < -0.39 is 17.3 Å². The van der Waals surface area contributed by atoms with Crippen molar-refractivity contribution in [3.05, 3.63) is 82.2 Å². The minimum atomic E-state index is -0.486. The quantitative estimate of drug-likeness (QED) is 0.580. The van der Waals surface area contributed by atoms with Gasteiger partial charge >= 0.3 is 0 Å². The lowest BCUT2D eigenvalue weighted by Gasteiger charge is -2.08. The van der Waals surface area contributed by atoms with Crippen LogP contribution in [-0.2, 0) is 6.54 Å². The van der Waals surface area contributed by atoms with Crippen molar-refractivity contribution >= 4 is 16.8 Å². The number of pyridine rings is 1. The highest BCUT2D eigenvalue weighted by Gasteiger charge is 2.12. The SMILES string of the molecule is O=C(NCc1ccc(-c2nnco2)cc1)c1cc(=O)[nH]c2ccc(F)cc12. The molecule has 2 aromatic heterocycles. The molecule has 2 aromatic carbocycles. The number of carbonyl (C=O) groups excluding carboxylic acids is 1. The number of rotatable bonds is 4. The molecule has 0 bridgehead atoms. The number of halogens is 1. The number of carbonyl (C=O) groups is 1. The number of aromatic amines is 1. The van der Waals surface area contributed by atoms with Crippen LogP contribution in [0.25, 0.3) is 22.4 Å². The number of fused-ring (bicyclic) bond motifs is 1. The van der Waals surface area contributed by atoms with Crippen LogP contribution < -0.4 is 10.9 Å². The highest BCUT2D eigenvalue weighted by Crippen LogP contribution is 2.18. The zero-order valence-electron chi connectivity index (χ0n) is 13.9.